The van der Waals surface area contributed by atoms with Crippen molar-refractivity contribution in [2.75, 3.05) is 6.54 Å². The van der Waals surface area contributed by atoms with E-state index < -0.39 is 0 Å². The van der Waals surface area contributed by atoms with Gasteiger partial charge in [0, 0.05) is 31.4 Å². The summed E-state index contributed by atoms with van der Waals surface area (Å²) in [7, 11) is 0. The number of pyridine rings is 1. The van der Waals surface area contributed by atoms with Crippen molar-refractivity contribution in [3.8, 4) is 5.75 Å². The molecule has 26 heavy (non-hydrogen) atoms. The van der Waals surface area contributed by atoms with Crippen molar-refractivity contribution in [2.45, 2.75) is 32.4 Å². The van der Waals surface area contributed by atoms with Gasteiger partial charge in [0.1, 0.15) is 12.4 Å². The third-order valence-corrected chi connectivity index (χ3v) is 4.84. The monoisotopic (exact) mass is 344 g/mol. The third-order valence-electron chi connectivity index (χ3n) is 4.84. The predicted octanol–water partition coefficient (Wildman–Crippen LogP) is 4.09. The lowest BCUT2D eigenvalue weighted by Crippen LogP contribution is -2.24. The van der Waals surface area contributed by atoms with E-state index in [4.69, 9.17) is 4.74 Å². The summed E-state index contributed by atoms with van der Waals surface area (Å²) in [5.41, 5.74) is 6.45. The van der Waals surface area contributed by atoms with Crippen molar-refractivity contribution in [1.82, 2.24) is 10.3 Å². The molecule has 0 unspecified atom stereocenters. The van der Waals surface area contributed by atoms with E-state index in [2.05, 4.69) is 52.8 Å². The van der Waals surface area contributed by atoms with E-state index in [9.17, 15) is 0 Å². The van der Waals surface area contributed by atoms with Crippen LogP contribution in [0.25, 0.3) is 0 Å². The minimum Gasteiger partial charge on any atom is -0.489 e. The number of hydrogen-bond donors (Lipinski definition) is 1. The summed E-state index contributed by atoms with van der Waals surface area (Å²) in [6, 6.07) is 21.0. The largest absolute Gasteiger partial charge is 0.489 e. The van der Waals surface area contributed by atoms with Crippen LogP contribution in [0.5, 0.6) is 5.75 Å². The molecule has 3 nitrogen and oxygen atoms in total. The summed E-state index contributed by atoms with van der Waals surface area (Å²) in [5, 5.41) is 3.42. The van der Waals surface area contributed by atoms with Crippen LogP contribution in [0, 0.1) is 0 Å². The molecule has 0 atom stereocenters. The van der Waals surface area contributed by atoms with E-state index in [1.165, 1.54) is 27.9 Å². The number of aromatic nitrogens is 1. The third kappa shape index (κ3) is 4.30. The minimum atomic E-state index is 0.606. The molecule has 0 saturated carbocycles. The first-order valence-electron chi connectivity index (χ1n) is 9.30. The molecule has 1 N–H and O–H groups in total. The number of fused-ring (bicyclic) bond motifs is 1. The van der Waals surface area contributed by atoms with Crippen LogP contribution in [0.1, 0.15) is 27.9 Å². The van der Waals surface area contributed by atoms with Crippen LogP contribution in [-0.4, -0.2) is 11.5 Å². The fourth-order valence-electron chi connectivity index (χ4n) is 3.31. The van der Waals surface area contributed by atoms with Gasteiger partial charge in [0.25, 0.3) is 0 Å². The maximum Gasteiger partial charge on any atom is 0.119 e. The zero-order valence-electron chi connectivity index (χ0n) is 14.9. The summed E-state index contributed by atoms with van der Waals surface area (Å²) in [4.78, 5) is 4.64. The number of aryl methyl sites for hydroxylation is 2. The molecule has 2 aromatic carbocycles. The Bertz CT molecular complexity index is 844. The van der Waals surface area contributed by atoms with Gasteiger partial charge >= 0.3 is 0 Å². The smallest absolute Gasteiger partial charge is 0.119 e. The lowest BCUT2D eigenvalue weighted by molar-refractivity contribution is 0.306. The molecule has 3 heteroatoms. The van der Waals surface area contributed by atoms with Gasteiger partial charge in [-0.15, -0.1) is 0 Å². The highest BCUT2D eigenvalue weighted by Crippen LogP contribution is 2.17. The lowest BCUT2D eigenvalue weighted by atomic mass is 10.0. The highest BCUT2D eigenvalue weighted by Gasteiger charge is 2.10. The Morgan fingerprint density at radius 1 is 0.885 bits per heavy atom. The van der Waals surface area contributed by atoms with Crippen LogP contribution in [0.2, 0.25) is 0 Å². The maximum atomic E-state index is 5.86. The predicted molar refractivity (Wildman–Crippen MR) is 104 cm³/mol. The van der Waals surface area contributed by atoms with Crippen molar-refractivity contribution in [1.29, 1.82) is 0 Å². The molecule has 3 aromatic rings. The number of nitrogens with one attached hydrogen (secondary N) is 1. The Hall–Kier alpha value is -2.65. The average molecular weight is 344 g/mol. The minimum absolute atomic E-state index is 0.606. The number of hydrogen-bond acceptors (Lipinski definition) is 3. The molecule has 0 fully saturated rings. The first kappa shape index (κ1) is 16.8. The molecule has 1 aliphatic rings. The van der Waals surface area contributed by atoms with E-state index >= 15 is 0 Å². The molecule has 4 rings (SSSR count). The van der Waals surface area contributed by atoms with Gasteiger partial charge in [-0.3, -0.25) is 4.98 Å². The summed E-state index contributed by atoms with van der Waals surface area (Å²) in [5.74, 6) is 0.916. The molecule has 0 bridgehead atoms. The van der Waals surface area contributed by atoms with Crippen LogP contribution < -0.4 is 10.1 Å². The molecule has 1 aromatic heterocycles. The lowest BCUT2D eigenvalue weighted by Gasteiger charge is -2.16. The molecule has 2 heterocycles. The van der Waals surface area contributed by atoms with E-state index in [-0.39, 0.29) is 0 Å². The first-order chi connectivity index (χ1) is 12.9. The van der Waals surface area contributed by atoms with E-state index in [1.807, 2.05) is 24.4 Å². The summed E-state index contributed by atoms with van der Waals surface area (Å²) in [6.45, 7) is 2.59. The second-order valence-corrected chi connectivity index (χ2v) is 6.79. The molecule has 0 spiro atoms. The topological polar surface area (TPSA) is 34.1 Å². The normalized spacial score (nSPS) is 13.2. The van der Waals surface area contributed by atoms with E-state index in [1.54, 1.807) is 0 Å². The number of rotatable bonds is 6. The Morgan fingerprint density at radius 2 is 1.69 bits per heavy atom. The molecule has 0 aliphatic carbocycles. The maximum absolute atomic E-state index is 5.86. The zero-order chi connectivity index (χ0) is 17.6. The Labute approximate surface area is 155 Å². The standard InChI is InChI=1S/C23H24N2O/c1-2-4-19(5-3-1)17-26-22-10-8-18(9-11-22)6-7-20-14-21-16-24-13-12-23(21)25-15-20/h1-5,8-11,14-15,24H,6-7,12-13,16-17H2. The fraction of sp³-hybridized carbons (Fsp3) is 0.261. The quantitative estimate of drug-likeness (QED) is 0.731. The summed E-state index contributed by atoms with van der Waals surface area (Å²) >= 11 is 0. The highest BCUT2D eigenvalue weighted by atomic mass is 16.5. The number of ether oxygens (including phenoxy) is 1. The summed E-state index contributed by atoms with van der Waals surface area (Å²) < 4.78 is 5.86. The average Bonchev–Trinajstić information content (AvgIpc) is 2.72. The molecule has 1 aliphatic heterocycles. The van der Waals surface area contributed by atoms with Crippen LogP contribution in [0.4, 0.5) is 0 Å². The number of nitrogens with zero attached hydrogens (tertiary/aromatic N) is 1. The van der Waals surface area contributed by atoms with Gasteiger partial charge in [-0.25, -0.2) is 0 Å². The van der Waals surface area contributed by atoms with Crippen molar-refractivity contribution in [3.63, 3.8) is 0 Å². The first-order valence-corrected chi connectivity index (χ1v) is 9.30. The van der Waals surface area contributed by atoms with Crippen LogP contribution in [0.15, 0.2) is 66.9 Å². The van der Waals surface area contributed by atoms with Gasteiger partial charge < -0.3 is 10.1 Å². The van der Waals surface area contributed by atoms with Gasteiger partial charge in [0.2, 0.25) is 0 Å². The van der Waals surface area contributed by atoms with E-state index in [0.717, 1.165) is 38.1 Å². The van der Waals surface area contributed by atoms with Crippen LogP contribution in [-0.2, 0) is 32.4 Å². The van der Waals surface area contributed by atoms with Gasteiger partial charge in [0.05, 0.1) is 0 Å². The Balaban J connectivity index is 1.31. The van der Waals surface area contributed by atoms with Crippen molar-refractivity contribution >= 4 is 0 Å². The van der Waals surface area contributed by atoms with Gasteiger partial charge in [-0.1, -0.05) is 48.5 Å². The second-order valence-electron chi connectivity index (χ2n) is 6.79. The van der Waals surface area contributed by atoms with Crippen LogP contribution >= 0.6 is 0 Å². The molecule has 0 saturated heterocycles. The molecular weight excluding hydrogens is 320 g/mol. The molecule has 0 radical (unpaired) electrons. The van der Waals surface area contributed by atoms with Crippen molar-refractivity contribution in [3.05, 3.63) is 94.8 Å². The SMILES string of the molecule is c1ccc(COc2ccc(CCc3cnc4c(c3)CNCC4)cc2)cc1. The van der Waals surface area contributed by atoms with Crippen molar-refractivity contribution < 1.29 is 4.74 Å². The molecular formula is C23H24N2O. The zero-order valence-corrected chi connectivity index (χ0v) is 14.9. The van der Waals surface area contributed by atoms with Crippen LogP contribution in [0.3, 0.4) is 0 Å². The number of benzene rings is 2. The molecule has 0 amide bonds. The highest BCUT2D eigenvalue weighted by molar-refractivity contribution is 5.30. The summed E-state index contributed by atoms with van der Waals surface area (Å²) in [6.07, 6.45) is 5.12. The fourth-order valence-corrected chi connectivity index (χ4v) is 3.31. The van der Waals surface area contributed by atoms with Crippen molar-refractivity contribution in [2.24, 2.45) is 0 Å². The van der Waals surface area contributed by atoms with E-state index in [0.29, 0.717) is 6.61 Å². The Morgan fingerprint density at radius 3 is 2.54 bits per heavy atom. The molecule has 132 valence electrons. The van der Waals surface area contributed by atoms with Gasteiger partial charge in [-0.2, -0.15) is 0 Å². The Kier molecular flexibility index (Phi) is 5.27. The van der Waals surface area contributed by atoms with Gasteiger partial charge in [-0.05, 0) is 47.2 Å². The van der Waals surface area contributed by atoms with Gasteiger partial charge in [0.15, 0.2) is 0 Å². The second kappa shape index (κ2) is 8.15.